The number of nitrogens with zero attached hydrogens (tertiary/aromatic N) is 2. The average molecular weight is 572 g/mol. The van der Waals surface area contributed by atoms with Crippen molar-refractivity contribution >= 4 is 23.4 Å². The summed E-state index contributed by atoms with van der Waals surface area (Å²) in [5, 5.41) is 45.7. The van der Waals surface area contributed by atoms with Gasteiger partial charge in [0.1, 0.15) is 17.4 Å². The van der Waals surface area contributed by atoms with E-state index in [0.717, 1.165) is 0 Å². The molecule has 0 bridgehead atoms. The van der Waals surface area contributed by atoms with Crippen LogP contribution in [0, 0.1) is 17.8 Å². The van der Waals surface area contributed by atoms with Crippen molar-refractivity contribution in [1.82, 2.24) is 9.80 Å². The molecular weight excluding hydrogens is 534 g/mol. The summed E-state index contributed by atoms with van der Waals surface area (Å²) in [5.41, 5.74) is 3.56. The molecule has 1 aromatic carbocycles. The number of allylic oxidation sites excluding steroid dienone is 1. The molecular formula is C29H37N3O9. The lowest BCUT2D eigenvalue weighted by Crippen LogP contribution is -2.71. The summed E-state index contributed by atoms with van der Waals surface area (Å²) < 4.78 is 5.33. The average Bonchev–Trinajstić information content (AvgIpc) is 2.90. The van der Waals surface area contributed by atoms with Crippen molar-refractivity contribution in [2.45, 2.75) is 50.4 Å². The molecule has 2 fully saturated rings. The highest BCUT2D eigenvalue weighted by atomic mass is 16.5. The number of amides is 2. The third-order valence-electron chi connectivity index (χ3n) is 9.28. The molecule has 1 aliphatic heterocycles. The second-order valence-electron chi connectivity index (χ2n) is 12.1. The molecule has 1 heterocycles. The van der Waals surface area contributed by atoms with E-state index in [1.54, 1.807) is 25.1 Å². The fourth-order valence-corrected chi connectivity index (χ4v) is 7.32. The molecule has 2 amide bonds. The van der Waals surface area contributed by atoms with E-state index in [1.807, 2.05) is 13.8 Å². The van der Waals surface area contributed by atoms with Crippen LogP contribution in [0.5, 0.6) is 5.75 Å². The van der Waals surface area contributed by atoms with E-state index >= 15 is 0 Å². The van der Waals surface area contributed by atoms with Gasteiger partial charge in [-0.3, -0.25) is 19.2 Å². The van der Waals surface area contributed by atoms with Gasteiger partial charge in [0.25, 0.3) is 5.91 Å². The zero-order valence-corrected chi connectivity index (χ0v) is 23.6. The first-order valence-corrected chi connectivity index (χ1v) is 13.9. The van der Waals surface area contributed by atoms with E-state index in [9.17, 15) is 39.6 Å². The predicted molar refractivity (Wildman–Crippen MR) is 144 cm³/mol. The van der Waals surface area contributed by atoms with E-state index < -0.39 is 70.4 Å². The maximum absolute atomic E-state index is 14.1. The molecule has 4 aliphatic rings. The number of ketones is 2. The minimum absolute atomic E-state index is 0.0327. The van der Waals surface area contributed by atoms with Crippen molar-refractivity contribution in [1.29, 1.82) is 0 Å². The van der Waals surface area contributed by atoms with E-state index in [4.69, 9.17) is 10.5 Å². The standard InChI is InChI=1S/C29H37N3O9/c1-12(2)14-11-16(28(39)32-5-7-41-8-6-32)22(33)19-15(14)9-13-10-17-21(31(3)4)24(35)20(27(30)38)26(37)29(17,40)25(36)18(13)23(19)34/h11-13,17,20-21,24,33,35-36,40H,5-10H2,1-4H3,(H2,30,38)/t13?,17?,20?,21-,24?,29-/m0/s1. The van der Waals surface area contributed by atoms with Crippen LogP contribution in [0.1, 0.15) is 58.0 Å². The van der Waals surface area contributed by atoms with Gasteiger partial charge >= 0.3 is 0 Å². The number of nitrogens with two attached hydrogens (primary N) is 1. The molecule has 0 aromatic heterocycles. The summed E-state index contributed by atoms with van der Waals surface area (Å²) in [6.45, 7) is 5.16. The monoisotopic (exact) mass is 571 g/mol. The molecule has 0 radical (unpaired) electrons. The van der Waals surface area contributed by atoms with Crippen LogP contribution in [0.15, 0.2) is 17.4 Å². The van der Waals surface area contributed by atoms with Gasteiger partial charge in [-0.15, -0.1) is 0 Å². The molecule has 3 aliphatic carbocycles. The molecule has 5 rings (SSSR count). The van der Waals surface area contributed by atoms with E-state index in [0.29, 0.717) is 37.4 Å². The maximum Gasteiger partial charge on any atom is 0.257 e. The Bertz CT molecular complexity index is 1360. The first-order chi connectivity index (χ1) is 19.2. The molecule has 1 aromatic rings. The van der Waals surface area contributed by atoms with E-state index in [-0.39, 0.29) is 35.5 Å². The van der Waals surface area contributed by atoms with Crippen LogP contribution >= 0.6 is 0 Å². The fraction of sp³-hybridized carbons (Fsp3) is 0.586. The van der Waals surface area contributed by atoms with Crippen molar-refractivity contribution < 1.29 is 44.3 Å². The lowest BCUT2D eigenvalue weighted by Gasteiger charge is -2.53. The van der Waals surface area contributed by atoms with Crippen LogP contribution in [0.3, 0.4) is 0 Å². The van der Waals surface area contributed by atoms with E-state index in [1.165, 1.54) is 4.90 Å². The number of carbonyl (C=O) groups is 4. The number of hydrogen-bond donors (Lipinski definition) is 5. The number of carbonyl (C=O) groups excluding carboxylic acids is 4. The number of primary amides is 1. The number of rotatable bonds is 4. The molecule has 6 atom stereocenters. The fourth-order valence-electron chi connectivity index (χ4n) is 7.32. The van der Waals surface area contributed by atoms with Crippen molar-refractivity contribution in [2.24, 2.45) is 23.5 Å². The summed E-state index contributed by atoms with van der Waals surface area (Å²) in [6, 6.07) is 0.674. The van der Waals surface area contributed by atoms with Gasteiger partial charge in [0.15, 0.2) is 17.2 Å². The van der Waals surface area contributed by atoms with Gasteiger partial charge in [0, 0.05) is 30.6 Å². The maximum atomic E-state index is 14.1. The number of aliphatic hydroxyl groups is 3. The van der Waals surface area contributed by atoms with Gasteiger partial charge in [0.2, 0.25) is 5.91 Å². The third-order valence-corrected chi connectivity index (χ3v) is 9.28. The van der Waals surface area contributed by atoms with Gasteiger partial charge in [-0.1, -0.05) is 13.8 Å². The van der Waals surface area contributed by atoms with Gasteiger partial charge < -0.3 is 40.7 Å². The predicted octanol–water partition coefficient (Wildman–Crippen LogP) is -0.119. The first kappa shape index (κ1) is 29.2. The summed E-state index contributed by atoms with van der Waals surface area (Å²) >= 11 is 0. The number of fused-ring (bicyclic) bond motifs is 3. The number of hydrogen-bond acceptors (Lipinski definition) is 10. The number of aliphatic hydroxyl groups excluding tert-OH is 2. The Balaban J connectivity index is 1.69. The molecule has 222 valence electrons. The Morgan fingerprint density at radius 1 is 1.17 bits per heavy atom. The molecule has 1 saturated heterocycles. The molecule has 12 heteroatoms. The number of ether oxygens (including phenoxy) is 1. The molecule has 4 unspecified atom stereocenters. The second kappa shape index (κ2) is 10.2. The molecule has 41 heavy (non-hydrogen) atoms. The third kappa shape index (κ3) is 4.18. The highest BCUT2D eigenvalue weighted by molar-refractivity contribution is 6.17. The van der Waals surface area contributed by atoms with Gasteiger partial charge in [0.05, 0.1) is 30.4 Å². The summed E-state index contributed by atoms with van der Waals surface area (Å²) in [7, 11) is 3.23. The van der Waals surface area contributed by atoms with Crippen LogP contribution in [-0.4, -0.2) is 112 Å². The van der Waals surface area contributed by atoms with Crippen LogP contribution in [0.4, 0.5) is 0 Å². The molecule has 1 saturated carbocycles. The minimum Gasteiger partial charge on any atom is -0.508 e. The number of Topliss-reactive ketones (excluding diaryl/α,β-unsaturated/α-hetero) is 2. The molecule has 0 spiro atoms. The van der Waals surface area contributed by atoms with Crippen molar-refractivity contribution in [3.63, 3.8) is 0 Å². The van der Waals surface area contributed by atoms with Gasteiger partial charge in [-0.05, 0) is 56.0 Å². The Hall–Kier alpha value is -3.32. The number of morpholine rings is 1. The van der Waals surface area contributed by atoms with Gasteiger partial charge in [-0.2, -0.15) is 0 Å². The van der Waals surface area contributed by atoms with Gasteiger partial charge in [-0.25, -0.2) is 0 Å². The minimum atomic E-state index is -2.66. The number of aromatic hydroxyl groups is 1. The zero-order chi connectivity index (χ0) is 30.1. The van der Waals surface area contributed by atoms with Crippen molar-refractivity contribution in [2.75, 3.05) is 40.4 Å². The summed E-state index contributed by atoms with van der Waals surface area (Å²) in [5.74, 6) is -8.68. The quantitative estimate of drug-likeness (QED) is 0.305. The SMILES string of the molecule is CC(C)c1cc(C(=O)N2CCOCC2)c(O)c2c1CC1CC3[C@H](N(C)C)C(O)C(C(N)=O)C(=O)[C@@]3(O)C(O)=C1C2=O. The largest absolute Gasteiger partial charge is 0.508 e. The summed E-state index contributed by atoms with van der Waals surface area (Å²) in [4.78, 5) is 56.4. The molecule has 12 nitrogen and oxygen atoms in total. The summed E-state index contributed by atoms with van der Waals surface area (Å²) in [6.07, 6.45) is -1.32. The lowest BCUT2D eigenvalue weighted by atomic mass is 9.55. The van der Waals surface area contributed by atoms with Crippen LogP contribution < -0.4 is 5.73 Å². The van der Waals surface area contributed by atoms with Crippen LogP contribution in [-0.2, 0) is 20.7 Å². The number of likely N-dealkylation sites (N-methyl/N-ethyl adjacent to an activating group) is 1. The molecule has 6 N–H and O–H groups in total. The smallest absolute Gasteiger partial charge is 0.257 e. The van der Waals surface area contributed by atoms with Crippen molar-refractivity contribution in [3.8, 4) is 5.75 Å². The highest BCUT2D eigenvalue weighted by Gasteiger charge is 2.66. The lowest BCUT2D eigenvalue weighted by molar-refractivity contribution is -0.178. The first-order valence-electron chi connectivity index (χ1n) is 13.9. The number of benzene rings is 1. The Morgan fingerprint density at radius 3 is 2.37 bits per heavy atom. The topological polar surface area (TPSA) is 191 Å². The Kier molecular flexibility index (Phi) is 7.26. The van der Waals surface area contributed by atoms with Crippen LogP contribution in [0.25, 0.3) is 0 Å². The Labute approximate surface area is 237 Å². The Morgan fingerprint density at radius 2 is 1.80 bits per heavy atom. The van der Waals surface area contributed by atoms with E-state index in [2.05, 4.69) is 0 Å². The second-order valence-corrected chi connectivity index (χ2v) is 12.1. The normalized spacial score (nSPS) is 31.7. The van der Waals surface area contributed by atoms with Crippen molar-refractivity contribution in [3.05, 3.63) is 39.7 Å². The number of phenols is 1. The van der Waals surface area contributed by atoms with Crippen LogP contribution in [0.2, 0.25) is 0 Å². The zero-order valence-electron chi connectivity index (χ0n) is 23.6. The highest BCUT2D eigenvalue weighted by Crippen LogP contribution is 2.53. The number of phenolic OH excluding ortho intramolecular Hbond substituents is 1.